The predicted octanol–water partition coefficient (Wildman–Crippen LogP) is 6.25. The molecule has 3 aliphatic rings. The Hall–Kier alpha value is -0.970. The van der Waals surface area contributed by atoms with Gasteiger partial charge in [-0.1, -0.05) is 67.3 Å². The number of carbonyl (C=O) groups excluding carboxylic acids is 1. The van der Waals surface area contributed by atoms with Gasteiger partial charge in [0, 0.05) is 11.6 Å². The van der Waals surface area contributed by atoms with Gasteiger partial charge in [0.15, 0.2) is 0 Å². The molecule has 158 valence electrons. The summed E-state index contributed by atoms with van der Waals surface area (Å²) in [4.78, 5) is 18.9. The number of nitrogens with zero attached hydrogens (tertiary/aromatic N) is 2. The van der Waals surface area contributed by atoms with Gasteiger partial charge in [-0.05, 0) is 75.4 Å². The standard InChI is InChI=1S/C24H33ClN2OS/c25-21-12-7-11-20(18-21)24-27(16-8-15-26-13-5-2-6-14-26)23(28)22(29-24)17-19-9-3-1-4-10-19/h7,11-12,17-19,24H,1-6,8-10,13-16H2. The van der Waals surface area contributed by atoms with E-state index in [1.54, 1.807) is 11.8 Å². The summed E-state index contributed by atoms with van der Waals surface area (Å²) in [6.45, 7) is 4.35. The number of allylic oxidation sites excluding steroid dienone is 1. The molecule has 2 saturated heterocycles. The minimum Gasteiger partial charge on any atom is -0.322 e. The quantitative estimate of drug-likeness (QED) is 0.496. The monoisotopic (exact) mass is 432 g/mol. The van der Waals surface area contributed by atoms with Crippen molar-refractivity contribution in [1.29, 1.82) is 0 Å². The van der Waals surface area contributed by atoms with E-state index in [-0.39, 0.29) is 11.3 Å². The second-order valence-electron chi connectivity index (χ2n) is 8.71. The Labute approximate surface area is 184 Å². The van der Waals surface area contributed by atoms with Gasteiger partial charge >= 0.3 is 0 Å². The highest BCUT2D eigenvalue weighted by atomic mass is 35.5. The van der Waals surface area contributed by atoms with E-state index in [2.05, 4.69) is 21.9 Å². The highest BCUT2D eigenvalue weighted by Gasteiger charge is 2.37. The van der Waals surface area contributed by atoms with Crippen LogP contribution in [-0.2, 0) is 4.79 Å². The molecular weight excluding hydrogens is 400 g/mol. The summed E-state index contributed by atoms with van der Waals surface area (Å²) in [5, 5.41) is 0.797. The minimum absolute atomic E-state index is 0.0531. The largest absolute Gasteiger partial charge is 0.322 e. The summed E-state index contributed by atoms with van der Waals surface area (Å²) in [5.41, 5.74) is 1.14. The Morgan fingerprint density at radius 2 is 1.79 bits per heavy atom. The Morgan fingerprint density at radius 3 is 2.55 bits per heavy atom. The molecule has 0 bridgehead atoms. The first-order valence-corrected chi connectivity index (χ1v) is 12.6. The van der Waals surface area contributed by atoms with Crippen molar-refractivity contribution in [1.82, 2.24) is 9.80 Å². The van der Waals surface area contributed by atoms with Gasteiger partial charge in [0.1, 0.15) is 5.37 Å². The molecule has 1 aromatic carbocycles. The van der Waals surface area contributed by atoms with Gasteiger partial charge < -0.3 is 9.80 Å². The van der Waals surface area contributed by atoms with Crippen molar-refractivity contribution >= 4 is 29.3 Å². The van der Waals surface area contributed by atoms with Crippen LogP contribution in [0.15, 0.2) is 35.2 Å². The van der Waals surface area contributed by atoms with E-state index >= 15 is 0 Å². The molecule has 0 spiro atoms. The minimum atomic E-state index is 0.0531. The second-order valence-corrected chi connectivity index (χ2v) is 10.3. The van der Waals surface area contributed by atoms with Crippen LogP contribution in [0.4, 0.5) is 0 Å². The molecule has 3 nitrogen and oxygen atoms in total. The van der Waals surface area contributed by atoms with Crippen LogP contribution in [0.1, 0.15) is 68.7 Å². The van der Waals surface area contributed by atoms with Crippen LogP contribution in [0.5, 0.6) is 0 Å². The summed E-state index contributed by atoms with van der Waals surface area (Å²) >= 11 is 8.00. The maximum atomic E-state index is 13.3. The van der Waals surface area contributed by atoms with Crippen molar-refractivity contribution in [3.8, 4) is 0 Å². The lowest BCUT2D eigenvalue weighted by molar-refractivity contribution is -0.126. The maximum Gasteiger partial charge on any atom is 0.261 e. The molecule has 5 heteroatoms. The lowest BCUT2D eigenvalue weighted by atomic mass is 9.89. The van der Waals surface area contributed by atoms with Gasteiger partial charge in [0.25, 0.3) is 5.91 Å². The van der Waals surface area contributed by atoms with Crippen molar-refractivity contribution in [2.24, 2.45) is 5.92 Å². The fourth-order valence-corrected chi connectivity index (χ4v) is 6.42. The predicted molar refractivity (Wildman–Crippen MR) is 123 cm³/mol. The Bertz CT molecular complexity index is 725. The smallest absolute Gasteiger partial charge is 0.261 e. The molecular formula is C24H33ClN2OS. The molecule has 0 aromatic heterocycles. The number of piperidine rings is 1. The van der Waals surface area contributed by atoms with Gasteiger partial charge in [0.05, 0.1) is 4.91 Å². The van der Waals surface area contributed by atoms with Crippen molar-refractivity contribution in [2.75, 3.05) is 26.2 Å². The molecule has 0 N–H and O–H groups in total. The van der Waals surface area contributed by atoms with Crippen LogP contribution in [0, 0.1) is 5.92 Å². The summed E-state index contributed by atoms with van der Waals surface area (Å²) in [6.07, 6.45) is 13.7. The first-order valence-electron chi connectivity index (χ1n) is 11.4. The highest BCUT2D eigenvalue weighted by Crippen LogP contribution is 2.47. The van der Waals surface area contributed by atoms with E-state index in [1.165, 1.54) is 64.5 Å². The maximum absolute atomic E-state index is 13.3. The molecule has 1 saturated carbocycles. The fourth-order valence-electron chi connectivity index (χ4n) is 4.88. The molecule has 2 aliphatic heterocycles. The van der Waals surface area contributed by atoms with E-state index in [1.807, 2.05) is 18.2 Å². The van der Waals surface area contributed by atoms with Gasteiger partial charge in [-0.25, -0.2) is 0 Å². The lowest BCUT2D eigenvalue weighted by Crippen LogP contribution is -2.34. The molecule has 1 aliphatic carbocycles. The number of likely N-dealkylation sites (tertiary alicyclic amines) is 1. The molecule has 2 heterocycles. The SMILES string of the molecule is O=C1C(=CC2CCCCC2)SC(c2cccc(Cl)c2)N1CCCN1CCCCC1. The first kappa shape index (κ1) is 21.3. The number of thioether (sulfide) groups is 1. The first-order chi connectivity index (χ1) is 14.2. The van der Waals surface area contributed by atoms with E-state index in [4.69, 9.17) is 11.6 Å². The fraction of sp³-hybridized carbons (Fsp3) is 0.625. The van der Waals surface area contributed by atoms with E-state index in [0.717, 1.165) is 35.0 Å². The Kier molecular flexibility index (Phi) is 7.60. The van der Waals surface area contributed by atoms with E-state index in [0.29, 0.717) is 5.92 Å². The number of halogens is 1. The average molecular weight is 433 g/mol. The highest BCUT2D eigenvalue weighted by molar-refractivity contribution is 8.04. The molecule has 4 rings (SSSR count). The number of hydrogen-bond acceptors (Lipinski definition) is 3. The normalized spacial score (nSPS) is 25.8. The zero-order valence-electron chi connectivity index (χ0n) is 17.3. The van der Waals surface area contributed by atoms with Gasteiger partial charge in [-0.3, -0.25) is 4.79 Å². The number of benzene rings is 1. The lowest BCUT2D eigenvalue weighted by Gasteiger charge is -2.28. The van der Waals surface area contributed by atoms with Crippen LogP contribution in [0.2, 0.25) is 5.02 Å². The van der Waals surface area contributed by atoms with Crippen molar-refractivity contribution in [3.63, 3.8) is 0 Å². The van der Waals surface area contributed by atoms with Gasteiger partial charge in [0.2, 0.25) is 0 Å². The third-order valence-electron chi connectivity index (χ3n) is 6.49. The molecule has 0 radical (unpaired) electrons. The number of hydrogen-bond donors (Lipinski definition) is 0. The summed E-state index contributed by atoms with van der Waals surface area (Å²) in [7, 11) is 0. The number of carbonyl (C=O) groups is 1. The van der Waals surface area contributed by atoms with Crippen molar-refractivity contribution < 1.29 is 4.79 Å². The molecule has 29 heavy (non-hydrogen) atoms. The van der Waals surface area contributed by atoms with E-state index < -0.39 is 0 Å². The Balaban J connectivity index is 1.46. The molecule has 1 atom stereocenters. The zero-order chi connectivity index (χ0) is 20.1. The number of amides is 1. The second kappa shape index (κ2) is 10.4. The average Bonchev–Trinajstić information content (AvgIpc) is 3.05. The third-order valence-corrected chi connectivity index (χ3v) is 8.04. The van der Waals surface area contributed by atoms with Crippen LogP contribution in [0.3, 0.4) is 0 Å². The summed E-state index contributed by atoms with van der Waals surface area (Å²) in [6, 6.07) is 8.04. The topological polar surface area (TPSA) is 23.6 Å². The van der Waals surface area contributed by atoms with Crippen LogP contribution >= 0.6 is 23.4 Å². The Morgan fingerprint density at radius 1 is 1.03 bits per heavy atom. The van der Waals surface area contributed by atoms with Crippen molar-refractivity contribution in [2.45, 2.75) is 63.2 Å². The summed E-state index contributed by atoms with van der Waals surface area (Å²) < 4.78 is 0. The molecule has 1 aromatic rings. The van der Waals surface area contributed by atoms with Gasteiger partial charge in [-0.15, -0.1) is 0 Å². The molecule has 3 fully saturated rings. The van der Waals surface area contributed by atoms with Crippen LogP contribution in [-0.4, -0.2) is 41.9 Å². The van der Waals surface area contributed by atoms with Crippen molar-refractivity contribution in [3.05, 3.63) is 45.8 Å². The van der Waals surface area contributed by atoms with E-state index in [9.17, 15) is 4.79 Å². The summed E-state index contributed by atoms with van der Waals surface area (Å²) in [5.74, 6) is 0.799. The van der Waals surface area contributed by atoms with Crippen LogP contribution in [0.25, 0.3) is 0 Å². The molecule has 1 unspecified atom stereocenters. The third kappa shape index (κ3) is 5.59. The number of rotatable bonds is 6. The van der Waals surface area contributed by atoms with Gasteiger partial charge in [-0.2, -0.15) is 0 Å². The molecule has 1 amide bonds. The zero-order valence-corrected chi connectivity index (χ0v) is 18.9. The van der Waals surface area contributed by atoms with Crippen LogP contribution < -0.4 is 0 Å².